The van der Waals surface area contributed by atoms with Crippen LogP contribution in [0.2, 0.25) is 0 Å². The maximum absolute atomic E-state index is 12.8. The van der Waals surface area contributed by atoms with Crippen LogP contribution in [0.1, 0.15) is 38.5 Å². The van der Waals surface area contributed by atoms with E-state index in [-0.39, 0.29) is 11.3 Å². The number of nitrogens with zero attached hydrogens (tertiary/aromatic N) is 1. The van der Waals surface area contributed by atoms with E-state index in [1.807, 2.05) is 6.07 Å². The number of halogens is 1. The number of aromatic nitrogens is 1. The van der Waals surface area contributed by atoms with Crippen LogP contribution < -0.4 is 5.32 Å². The van der Waals surface area contributed by atoms with Crippen molar-refractivity contribution in [1.82, 2.24) is 4.98 Å². The number of carbonyl (C=O) groups excluding carboxylic acids is 1. The molecular formula is C16H19BrN2O. The van der Waals surface area contributed by atoms with Crippen LogP contribution in [0, 0.1) is 23.2 Å². The first-order valence-electron chi connectivity index (χ1n) is 7.55. The fraction of sp³-hybridized carbons (Fsp3) is 0.625. The summed E-state index contributed by atoms with van der Waals surface area (Å²) in [5.74, 6) is 2.63. The van der Waals surface area contributed by atoms with Gasteiger partial charge in [-0.25, -0.2) is 0 Å². The summed E-state index contributed by atoms with van der Waals surface area (Å²) < 4.78 is 0.904. The van der Waals surface area contributed by atoms with Gasteiger partial charge in [-0.05, 0) is 78.3 Å². The molecule has 4 heteroatoms. The number of carbonyl (C=O) groups is 1. The molecule has 4 aliphatic rings. The molecule has 4 saturated carbocycles. The van der Waals surface area contributed by atoms with Gasteiger partial charge in [0.25, 0.3) is 0 Å². The molecule has 106 valence electrons. The summed E-state index contributed by atoms with van der Waals surface area (Å²) in [5.41, 5.74) is 0.719. The second-order valence-corrected chi connectivity index (χ2v) is 7.96. The van der Waals surface area contributed by atoms with Gasteiger partial charge in [0.2, 0.25) is 5.91 Å². The molecule has 20 heavy (non-hydrogen) atoms. The largest absolute Gasteiger partial charge is 0.324 e. The van der Waals surface area contributed by atoms with Crippen LogP contribution in [0.4, 0.5) is 5.69 Å². The highest BCUT2D eigenvalue weighted by Crippen LogP contribution is 2.60. The summed E-state index contributed by atoms with van der Waals surface area (Å²) in [5, 5.41) is 3.11. The summed E-state index contributed by atoms with van der Waals surface area (Å²) in [6.45, 7) is 0. The summed E-state index contributed by atoms with van der Waals surface area (Å²) in [6, 6.07) is 1.92. The van der Waals surface area contributed by atoms with Gasteiger partial charge in [0.1, 0.15) is 0 Å². The van der Waals surface area contributed by atoms with E-state index >= 15 is 0 Å². The normalized spacial score (nSPS) is 38.0. The Morgan fingerprint density at radius 3 is 2.30 bits per heavy atom. The Bertz CT molecular complexity index is 522. The van der Waals surface area contributed by atoms with E-state index in [1.54, 1.807) is 12.4 Å². The number of pyridine rings is 1. The molecule has 1 aromatic heterocycles. The highest BCUT2D eigenvalue weighted by atomic mass is 79.9. The van der Waals surface area contributed by atoms with Crippen molar-refractivity contribution in [2.24, 2.45) is 23.2 Å². The molecule has 0 atom stereocenters. The van der Waals surface area contributed by atoms with Gasteiger partial charge in [-0.15, -0.1) is 0 Å². The third kappa shape index (κ3) is 2.09. The van der Waals surface area contributed by atoms with E-state index in [4.69, 9.17) is 0 Å². The highest BCUT2D eigenvalue weighted by Gasteiger charge is 2.54. The number of nitrogens with one attached hydrogen (secondary N) is 1. The van der Waals surface area contributed by atoms with Crippen LogP contribution >= 0.6 is 15.9 Å². The number of hydrogen-bond acceptors (Lipinski definition) is 2. The molecule has 1 heterocycles. The Balaban J connectivity index is 1.56. The molecule has 4 fully saturated rings. The molecule has 1 N–H and O–H groups in total. The Morgan fingerprint density at radius 1 is 1.15 bits per heavy atom. The summed E-state index contributed by atoms with van der Waals surface area (Å²) in [6.07, 6.45) is 10.9. The first kappa shape index (κ1) is 12.8. The van der Waals surface area contributed by atoms with Crippen LogP contribution in [0.15, 0.2) is 22.9 Å². The van der Waals surface area contributed by atoms with Gasteiger partial charge in [-0.2, -0.15) is 0 Å². The zero-order valence-corrected chi connectivity index (χ0v) is 13.0. The van der Waals surface area contributed by atoms with E-state index in [0.29, 0.717) is 0 Å². The minimum Gasteiger partial charge on any atom is -0.324 e. The van der Waals surface area contributed by atoms with Crippen LogP contribution in [-0.2, 0) is 4.79 Å². The predicted molar refractivity (Wildman–Crippen MR) is 81.2 cm³/mol. The molecule has 4 bridgehead atoms. The van der Waals surface area contributed by atoms with Crippen molar-refractivity contribution in [3.63, 3.8) is 0 Å². The Morgan fingerprint density at radius 2 is 1.75 bits per heavy atom. The molecule has 0 spiro atoms. The van der Waals surface area contributed by atoms with Gasteiger partial charge in [-0.3, -0.25) is 9.78 Å². The lowest BCUT2D eigenvalue weighted by molar-refractivity contribution is -0.140. The Labute approximate surface area is 127 Å². The third-order valence-corrected chi connectivity index (χ3v) is 5.92. The van der Waals surface area contributed by atoms with Gasteiger partial charge in [0.15, 0.2) is 0 Å². The summed E-state index contributed by atoms with van der Waals surface area (Å²) in [4.78, 5) is 16.9. The monoisotopic (exact) mass is 334 g/mol. The van der Waals surface area contributed by atoms with Crippen molar-refractivity contribution in [1.29, 1.82) is 0 Å². The zero-order chi connectivity index (χ0) is 13.7. The zero-order valence-electron chi connectivity index (χ0n) is 11.4. The lowest BCUT2D eigenvalue weighted by atomic mass is 9.49. The van der Waals surface area contributed by atoms with Gasteiger partial charge < -0.3 is 5.32 Å². The summed E-state index contributed by atoms with van der Waals surface area (Å²) in [7, 11) is 0. The number of amides is 1. The van der Waals surface area contributed by atoms with Crippen molar-refractivity contribution in [3.05, 3.63) is 22.9 Å². The third-order valence-electron chi connectivity index (χ3n) is 5.48. The average Bonchev–Trinajstić information content (AvgIpc) is 2.37. The number of rotatable bonds is 2. The van der Waals surface area contributed by atoms with Crippen molar-refractivity contribution in [2.75, 3.05) is 5.32 Å². The topological polar surface area (TPSA) is 42.0 Å². The standard InChI is InChI=1S/C16H19BrN2O/c17-13-4-14(9-18-8-13)19-15(20)16-5-10-1-11(6-16)3-12(2-10)7-16/h4,8-12H,1-3,5-7H2,(H,19,20). The lowest BCUT2D eigenvalue weighted by Gasteiger charge is -2.55. The molecule has 0 aliphatic heterocycles. The lowest BCUT2D eigenvalue weighted by Crippen LogP contribution is -2.51. The van der Waals surface area contributed by atoms with Crippen LogP contribution in [0.3, 0.4) is 0 Å². The van der Waals surface area contributed by atoms with Crippen LogP contribution in [0.5, 0.6) is 0 Å². The minimum atomic E-state index is -0.0862. The first-order chi connectivity index (χ1) is 9.63. The molecule has 5 rings (SSSR count). The van der Waals surface area contributed by atoms with Gasteiger partial charge in [-0.1, -0.05) is 0 Å². The molecule has 0 radical (unpaired) electrons. The number of anilines is 1. The molecular weight excluding hydrogens is 316 g/mol. The first-order valence-corrected chi connectivity index (χ1v) is 8.34. The van der Waals surface area contributed by atoms with Crippen LogP contribution in [0.25, 0.3) is 0 Å². The van der Waals surface area contributed by atoms with Crippen molar-refractivity contribution in [3.8, 4) is 0 Å². The molecule has 1 aromatic rings. The van der Waals surface area contributed by atoms with Crippen LogP contribution in [-0.4, -0.2) is 10.9 Å². The Kier molecular flexibility index (Phi) is 2.92. The molecule has 4 aliphatic carbocycles. The van der Waals surface area contributed by atoms with Gasteiger partial charge >= 0.3 is 0 Å². The van der Waals surface area contributed by atoms with Crippen molar-refractivity contribution in [2.45, 2.75) is 38.5 Å². The average molecular weight is 335 g/mol. The van der Waals surface area contributed by atoms with Gasteiger partial charge in [0, 0.05) is 10.7 Å². The number of hydrogen-bond donors (Lipinski definition) is 1. The van der Waals surface area contributed by atoms with E-state index in [2.05, 4.69) is 26.2 Å². The predicted octanol–water partition coefficient (Wildman–Crippen LogP) is 4.00. The van der Waals surface area contributed by atoms with Crippen molar-refractivity contribution < 1.29 is 4.79 Å². The maximum atomic E-state index is 12.8. The smallest absolute Gasteiger partial charge is 0.230 e. The molecule has 1 amide bonds. The minimum absolute atomic E-state index is 0.0862. The molecule has 0 saturated heterocycles. The Hall–Kier alpha value is -0.900. The highest BCUT2D eigenvalue weighted by molar-refractivity contribution is 9.10. The fourth-order valence-corrected chi connectivity index (χ4v) is 5.50. The van der Waals surface area contributed by atoms with Crippen molar-refractivity contribution >= 4 is 27.5 Å². The van der Waals surface area contributed by atoms with E-state index in [0.717, 1.165) is 47.2 Å². The quantitative estimate of drug-likeness (QED) is 0.888. The maximum Gasteiger partial charge on any atom is 0.230 e. The SMILES string of the molecule is O=C(Nc1cncc(Br)c1)C12CC3CC(CC(C3)C1)C2. The fourth-order valence-electron chi connectivity index (χ4n) is 5.13. The van der Waals surface area contributed by atoms with Gasteiger partial charge in [0.05, 0.1) is 17.3 Å². The molecule has 0 aromatic carbocycles. The molecule has 0 unspecified atom stereocenters. The second-order valence-electron chi connectivity index (χ2n) is 7.04. The summed E-state index contributed by atoms with van der Waals surface area (Å²) >= 11 is 3.40. The van der Waals surface area contributed by atoms with E-state index < -0.39 is 0 Å². The van der Waals surface area contributed by atoms with E-state index in [9.17, 15) is 4.79 Å². The van der Waals surface area contributed by atoms with E-state index in [1.165, 1.54) is 19.3 Å². The second kappa shape index (κ2) is 4.55. The molecule has 3 nitrogen and oxygen atoms in total.